The van der Waals surface area contributed by atoms with E-state index < -0.39 is 12.1 Å². The van der Waals surface area contributed by atoms with Crippen molar-refractivity contribution in [1.29, 1.82) is 5.26 Å². The van der Waals surface area contributed by atoms with E-state index >= 15 is 0 Å². The maximum absolute atomic E-state index is 12.8. The molecule has 30 heavy (non-hydrogen) atoms. The van der Waals surface area contributed by atoms with Gasteiger partial charge in [-0.15, -0.1) is 0 Å². The lowest BCUT2D eigenvalue weighted by Gasteiger charge is -2.51. The Labute approximate surface area is 177 Å². The lowest BCUT2D eigenvalue weighted by Crippen LogP contribution is -2.65. The van der Waals surface area contributed by atoms with Gasteiger partial charge in [0.05, 0.1) is 25.1 Å². The number of likely N-dealkylation sites (tertiary alicyclic amines) is 1. The van der Waals surface area contributed by atoms with Crippen LogP contribution in [0.2, 0.25) is 0 Å². The average Bonchev–Trinajstić information content (AvgIpc) is 3.27. The number of amides is 1. The van der Waals surface area contributed by atoms with Gasteiger partial charge in [-0.2, -0.15) is 5.26 Å². The summed E-state index contributed by atoms with van der Waals surface area (Å²) < 4.78 is 0. The molecule has 1 saturated heterocycles. The number of hydrogen-bond acceptors (Lipinski definition) is 4. The molecule has 1 N–H and O–H groups in total. The predicted octanol–water partition coefficient (Wildman–Crippen LogP) is 3.04. The minimum atomic E-state index is -0.589. The number of aliphatic hydroxyl groups is 1. The second kappa shape index (κ2) is 9.11. The topological polar surface area (TPSA) is 77.2 Å². The van der Waals surface area contributed by atoms with Crippen molar-refractivity contribution < 1.29 is 9.90 Å². The molecule has 2 fully saturated rings. The van der Waals surface area contributed by atoms with Gasteiger partial charge >= 0.3 is 0 Å². The maximum atomic E-state index is 12.8. The maximum Gasteiger partial charge on any atom is 0.230 e. The molecule has 0 radical (unpaired) electrons. The fraction of sp³-hybridized carbons (Fsp3) is 0.400. The number of carbonyl (C=O) groups is 1. The largest absolute Gasteiger partial charge is 0.394 e. The molecule has 1 aromatic carbocycles. The lowest BCUT2D eigenvalue weighted by atomic mass is 9.75. The van der Waals surface area contributed by atoms with Gasteiger partial charge in [-0.25, -0.2) is 0 Å². The van der Waals surface area contributed by atoms with Crippen molar-refractivity contribution in [3.05, 3.63) is 65.5 Å². The van der Waals surface area contributed by atoms with Crippen molar-refractivity contribution in [3.8, 4) is 17.9 Å². The van der Waals surface area contributed by atoms with Crippen LogP contribution in [0, 0.1) is 29.1 Å². The molecule has 2 aromatic rings. The summed E-state index contributed by atoms with van der Waals surface area (Å²) in [5.74, 6) is 6.74. The Morgan fingerprint density at radius 3 is 2.57 bits per heavy atom. The van der Waals surface area contributed by atoms with Crippen LogP contribution in [-0.4, -0.2) is 39.6 Å². The second-order valence-electron chi connectivity index (χ2n) is 8.02. The van der Waals surface area contributed by atoms with E-state index in [0.29, 0.717) is 11.6 Å². The third-order valence-electron chi connectivity index (χ3n) is 6.15. The normalized spacial score (nSPS) is 23.2. The Balaban J connectivity index is 1.47. The fourth-order valence-corrected chi connectivity index (χ4v) is 4.54. The van der Waals surface area contributed by atoms with Crippen molar-refractivity contribution >= 4 is 5.91 Å². The summed E-state index contributed by atoms with van der Waals surface area (Å²) in [4.78, 5) is 18.5. The van der Waals surface area contributed by atoms with E-state index in [0.717, 1.165) is 11.1 Å². The Bertz CT molecular complexity index is 979. The molecule has 0 spiro atoms. The number of nitriles is 1. The molecule has 1 aliphatic heterocycles. The van der Waals surface area contributed by atoms with E-state index in [2.05, 4.69) is 22.9 Å². The van der Waals surface area contributed by atoms with Crippen LogP contribution in [0.5, 0.6) is 0 Å². The zero-order valence-corrected chi connectivity index (χ0v) is 16.9. The van der Waals surface area contributed by atoms with Crippen LogP contribution in [0.1, 0.15) is 48.4 Å². The van der Waals surface area contributed by atoms with Gasteiger partial charge in [-0.3, -0.25) is 9.78 Å². The SMILES string of the molecule is N#C[C@H]1[C@@H](c2ccc(C#CC3CCCC3)cc2)[C@H](CO)N1C(=O)Cc1ccccn1. The Morgan fingerprint density at radius 1 is 1.17 bits per heavy atom. The molecule has 2 heterocycles. The van der Waals surface area contributed by atoms with Crippen LogP contribution < -0.4 is 0 Å². The van der Waals surface area contributed by atoms with Crippen molar-refractivity contribution in [3.63, 3.8) is 0 Å². The van der Waals surface area contributed by atoms with Crippen molar-refractivity contribution in [1.82, 2.24) is 9.88 Å². The number of aromatic nitrogens is 1. The lowest BCUT2D eigenvalue weighted by molar-refractivity contribution is -0.146. The van der Waals surface area contributed by atoms with Crippen LogP contribution in [-0.2, 0) is 11.2 Å². The van der Waals surface area contributed by atoms with E-state index in [4.69, 9.17) is 0 Å². The van der Waals surface area contributed by atoms with Crippen LogP contribution in [0.15, 0.2) is 48.7 Å². The molecule has 5 heteroatoms. The van der Waals surface area contributed by atoms with E-state index in [1.165, 1.54) is 30.6 Å². The highest BCUT2D eigenvalue weighted by Gasteiger charge is 2.51. The summed E-state index contributed by atoms with van der Waals surface area (Å²) in [5, 5.41) is 19.6. The van der Waals surface area contributed by atoms with E-state index in [9.17, 15) is 15.2 Å². The van der Waals surface area contributed by atoms with Crippen LogP contribution in [0.25, 0.3) is 0 Å². The molecular formula is C25H25N3O2. The smallest absolute Gasteiger partial charge is 0.230 e. The molecule has 4 rings (SSSR count). The molecule has 0 unspecified atom stereocenters. The Kier molecular flexibility index (Phi) is 6.12. The summed E-state index contributed by atoms with van der Waals surface area (Å²) in [6.45, 7) is -0.181. The van der Waals surface area contributed by atoms with Gasteiger partial charge < -0.3 is 10.0 Å². The zero-order valence-electron chi connectivity index (χ0n) is 16.9. The fourth-order valence-electron chi connectivity index (χ4n) is 4.54. The molecule has 1 saturated carbocycles. The molecule has 1 aliphatic carbocycles. The van der Waals surface area contributed by atoms with Gasteiger partial charge in [0.1, 0.15) is 6.04 Å². The first-order valence-corrected chi connectivity index (χ1v) is 10.5. The van der Waals surface area contributed by atoms with Crippen LogP contribution in [0.3, 0.4) is 0 Å². The van der Waals surface area contributed by atoms with Gasteiger partial charge in [-0.1, -0.05) is 42.9 Å². The summed E-state index contributed by atoms with van der Waals surface area (Å²) in [6.07, 6.45) is 6.69. The van der Waals surface area contributed by atoms with Gasteiger partial charge in [0.25, 0.3) is 0 Å². The average molecular weight is 399 g/mol. The van der Waals surface area contributed by atoms with Crippen molar-refractivity contribution in [2.24, 2.45) is 5.92 Å². The van der Waals surface area contributed by atoms with Crippen LogP contribution in [0.4, 0.5) is 0 Å². The number of hydrogen-bond donors (Lipinski definition) is 1. The van der Waals surface area contributed by atoms with E-state index in [1.54, 1.807) is 18.3 Å². The first-order valence-electron chi connectivity index (χ1n) is 10.5. The van der Waals surface area contributed by atoms with Crippen molar-refractivity contribution in [2.45, 2.75) is 50.1 Å². The minimum absolute atomic E-state index is 0.123. The number of carbonyl (C=O) groups excluding carboxylic acids is 1. The number of rotatable bonds is 4. The van der Waals surface area contributed by atoms with Gasteiger partial charge in [0, 0.05) is 29.3 Å². The number of nitrogens with zero attached hydrogens (tertiary/aromatic N) is 3. The van der Waals surface area contributed by atoms with Crippen LogP contribution >= 0.6 is 0 Å². The quantitative estimate of drug-likeness (QED) is 0.802. The van der Waals surface area contributed by atoms with Gasteiger partial charge in [-0.05, 0) is 42.7 Å². The molecular weight excluding hydrogens is 374 g/mol. The monoisotopic (exact) mass is 399 g/mol. The Hall–Kier alpha value is -3.15. The molecule has 1 aromatic heterocycles. The number of aliphatic hydroxyl groups excluding tert-OH is 1. The minimum Gasteiger partial charge on any atom is -0.394 e. The van der Waals surface area contributed by atoms with E-state index in [1.807, 2.05) is 30.3 Å². The number of pyridine rings is 1. The molecule has 3 atom stereocenters. The highest BCUT2D eigenvalue weighted by molar-refractivity contribution is 5.81. The summed E-state index contributed by atoms with van der Waals surface area (Å²) in [5.41, 5.74) is 2.57. The van der Waals surface area contributed by atoms with Crippen molar-refractivity contribution in [2.75, 3.05) is 6.61 Å². The van der Waals surface area contributed by atoms with E-state index in [-0.39, 0.29) is 24.9 Å². The zero-order chi connectivity index (χ0) is 20.9. The van der Waals surface area contributed by atoms with Gasteiger partial charge in [0.15, 0.2) is 0 Å². The molecule has 1 amide bonds. The second-order valence-corrected chi connectivity index (χ2v) is 8.02. The first kappa shape index (κ1) is 20.1. The first-order chi connectivity index (χ1) is 14.7. The molecule has 152 valence electrons. The highest BCUT2D eigenvalue weighted by Crippen LogP contribution is 2.40. The molecule has 2 aliphatic rings. The molecule has 0 bridgehead atoms. The standard InChI is InChI=1S/C25H25N3O2/c26-16-22-25(20-12-10-19(11-13-20)9-8-18-5-1-2-6-18)23(17-29)28(22)24(30)15-21-7-3-4-14-27-21/h3-4,7,10-14,18,22-23,25,29H,1-2,5-6,15,17H2/t22-,23-,25+/m0/s1. The van der Waals surface area contributed by atoms with Gasteiger partial charge in [0.2, 0.25) is 5.91 Å². The number of benzene rings is 1. The summed E-state index contributed by atoms with van der Waals surface area (Å²) >= 11 is 0. The Morgan fingerprint density at radius 2 is 1.93 bits per heavy atom. The predicted molar refractivity (Wildman–Crippen MR) is 113 cm³/mol. The summed E-state index contributed by atoms with van der Waals surface area (Å²) in [7, 11) is 0. The highest BCUT2D eigenvalue weighted by atomic mass is 16.3. The third kappa shape index (κ3) is 4.08. The molecule has 5 nitrogen and oxygen atoms in total. The third-order valence-corrected chi connectivity index (χ3v) is 6.15. The summed E-state index contributed by atoms with van der Waals surface area (Å²) in [6, 6.07) is 14.6.